The minimum Gasteiger partial charge on any atom is -0.394 e. The molecular weight excluding hydrogens is 324 g/mol. The highest BCUT2D eigenvalue weighted by atomic mass is 16.5. The van der Waals surface area contributed by atoms with Gasteiger partial charge in [-0.05, 0) is 74.3 Å². The van der Waals surface area contributed by atoms with Crippen molar-refractivity contribution in [3.63, 3.8) is 0 Å². The van der Waals surface area contributed by atoms with Gasteiger partial charge in [0, 0.05) is 17.9 Å². The van der Waals surface area contributed by atoms with Gasteiger partial charge in [0.1, 0.15) is 5.78 Å². The number of ketones is 1. The summed E-state index contributed by atoms with van der Waals surface area (Å²) in [5.41, 5.74) is 4.36. The normalized spacial score (nSPS) is 35.7. The van der Waals surface area contributed by atoms with Crippen molar-refractivity contribution in [1.29, 1.82) is 0 Å². The van der Waals surface area contributed by atoms with E-state index in [-0.39, 0.29) is 17.9 Å². The number of aryl methyl sites for hydroxylation is 2. The third-order valence-corrected chi connectivity index (χ3v) is 7.59. The summed E-state index contributed by atoms with van der Waals surface area (Å²) in [6, 6.07) is 7.00. The van der Waals surface area contributed by atoms with Gasteiger partial charge in [0.15, 0.2) is 0 Å². The molecule has 142 valence electrons. The van der Waals surface area contributed by atoms with Crippen molar-refractivity contribution < 1.29 is 14.6 Å². The van der Waals surface area contributed by atoms with Gasteiger partial charge in [-0.2, -0.15) is 0 Å². The van der Waals surface area contributed by atoms with Crippen molar-refractivity contribution in [3.05, 3.63) is 34.9 Å². The van der Waals surface area contributed by atoms with Crippen LogP contribution in [0.5, 0.6) is 0 Å². The van der Waals surface area contributed by atoms with Crippen LogP contribution in [0.3, 0.4) is 0 Å². The van der Waals surface area contributed by atoms with Crippen LogP contribution in [0.4, 0.5) is 0 Å². The Kier molecular flexibility index (Phi) is 4.96. The summed E-state index contributed by atoms with van der Waals surface area (Å²) in [4.78, 5) is 13.2. The lowest BCUT2D eigenvalue weighted by Crippen LogP contribution is -2.42. The Hall–Kier alpha value is -1.19. The molecule has 26 heavy (non-hydrogen) atoms. The number of rotatable bonds is 5. The molecule has 0 bridgehead atoms. The number of carbonyl (C=O) groups excluding carboxylic acids is 1. The molecule has 5 atom stereocenters. The molecule has 3 aliphatic rings. The van der Waals surface area contributed by atoms with Crippen LogP contribution in [-0.2, 0) is 16.0 Å². The van der Waals surface area contributed by atoms with Crippen molar-refractivity contribution in [2.45, 2.75) is 58.3 Å². The van der Waals surface area contributed by atoms with Gasteiger partial charge in [0.25, 0.3) is 0 Å². The number of aliphatic hydroxyl groups is 1. The Morgan fingerprint density at radius 3 is 2.92 bits per heavy atom. The van der Waals surface area contributed by atoms with Crippen molar-refractivity contribution in [1.82, 2.24) is 0 Å². The summed E-state index contributed by atoms with van der Waals surface area (Å²) in [6.45, 7) is 5.46. The quantitative estimate of drug-likeness (QED) is 0.810. The van der Waals surface area contributed by atoms with E-state index in [0.717, 1.165) is 25.7 Å². The molecule has 0 spiro atoms. The lowest BCUT2D eigenvalue weighted by atomic mass is 9.55. The molecule has 0 radical (unpaired) electrons. The van der Waals surface area contributed by atoms with Crippen LogP contribution >= 0.6 is 0 Å². The predicted octanol–water partition coefficient (Wildman–Crippen LogP) is 4.05. The number of benzene rings is 1. The maximum atomic E-state index is 13.2. The first-order chi connectivity index (χ1) is 12.5. The van der Waals surface area contributed by atoms with Crippen molar-refractivity contribution >= 4 is 5.78 Å². The van der Waals surface area contributed by atoms with E-state index in [1.54, 1.807) is 11.1 Å². The maximum absolute atomic E-state index is 13.2. The van der Waals surface area contributed by atoms with E-state index in [4.69, 9.17) is 9.84 Å². The van der Waals surface area contributed by atoms with Gasteiger partial charge >= 0.3 is 0 Å². The number of carbonyl (C=O) groups is 1. The number of hydrogen-bond donors (Lipinski definition) is 1. The molecule has 1 N–H and O–H groups in total. The topological polar surface area (TPSA) is 46.5 Å². The molecule has 4 unspecified atom stereocenters. The maximum Gasteiger partial charge on any atom is 0.142 e. The highest BCUT2D eigenvalue weighted by Gasteiger charge is 2.57. The Morgan fingerprint density at radius 2 is 2.12 bits per heavy atom. The van der Waals surface area contributed by atoms with E-state index in [1.807, 2.05) is 0 Å². The average molecular weight is 357 g/mol. The lowest BCUT2D eigenvalue weighted by molar-refractivity contribution is -0.132. The molecular formula is C23H32O3. The molecule has 4 rings (SSSR count). The van der Waals surface area contributed by atoms with Crippen molar-refractivity contribution in [3.8, 4) is 0 Å². The van der Waals surface area contributed by atoms with Gasteiger partial charge in [-0.1, -0.05) is 30.7 Å². The van der Waals surface area contributed by atoms with Crippen molar-refractivity contribution in [2.75, 3.05) is 19.8 Å². The molecule has 1 aromatic carbocycles. The lowest BCUT2D eigenvalue weighted by Gasteiger charge is -2.48. The van der Waals surface area contributed by atoms with Crippen LogP contribution in [0.2, 0.25) is 0 Å². The van der Waals surface area contributed by atoms with Crippen LogP contribution in [0, 0.1) is 30.1 Å². The van der Waals surface area contributed by atoms with Gasteiger partial charge in [0.2, 0.25) is 0 Å². The molecule has 2 fully saturated rings. The summed E-state index contributed by atoms with van der Waals surface area (Å²) < 4.78 is 5.44. The van der Waals surface area contributed by atoms with Crippen molar-refractivity contribution in [2.24, 2.45) is 23.2 Å². The van der Waals surface area contributed by atoms with E-state index >= 15 is 0 Å². The molecule has 1 aromatic rings. The van der Waals surface area contributed by atoms with Crippen LogP contribution in [0.25, 0.3) is 0 Å². The summed E-state index contributed by atoms with van der Waals surface area (Å²) >= 11 is 0. The molecule has 0 saturated heterocycles. The van der Waals surface area contributed by atoms with E-state index in [0.29, 0.717) is 36.8 Å². The zero-order valence-corrected chi connectivity index (χ0v) is 16.2. The molecule has 2 saturated carbocycles. The van der Waals surface area contributed by atoms with E-state index < -0.39 is 0 Å². The van der Waals surface area contributed by atoms with Gasteiger partial charge in [-0.15, -0.1) is 0 Å². The highest BCUT2D eigenvalue weighted by molar-refractivity contribution is 5.89. The number of hydrogen-bond acceptors (Lipinski definition) is 3. The fourth-order valence-corrected chi connectivity index (χ4v) is 6.29. The molecule has 3 aliphatic carbocycles. The minimum atomic E-state index is -0.120. The number of ether oxygens (including phenoxy) is 1. The standard InChI is InChI=1S/C23H32O3/c1-15-3-5-18-16(13-15)4-6-20-19(18)7-9-23(2)21(20)14-17(22(23)25)8-11-26-12-10-24/h3,5,13,17,19-21,24H,4,6-12,14H2,1-2H3/t17?,19?,20?,21?,23-/m0/s1. The summed E-state index contributed by atoms with van der Waals surface area (Å²) in [6.07, 6.45) is 6.47. The number of aliphatic hydroxyl groups excluding tert-OH is 1. The Balaban J connectivity index is 1.52. The summed E-state index contributed by atoms with van der Waals surface area (Å²) in [5, 5.41) is 8.85. The first-order valence-corrected chi connectivity index (χ1v) is 10.4. The van der Waals surface area contributed by atoms with E-state index in [2.05, 4.69) is 32.0 Å². The Labute approximate surface area is 157 Å². The zero-order chi connectivity index (χ0) is 18.3. The van der Waals surface area contributed by atoms with E-state index in [1.165, 1.54) is 18.4 Å². The monoisotopic (exact) mass is 356 g/mol. The number of fused-ring (bicyclic) bond motifs is 5. The van der Waals surface area contributed by atoms with Crippen LogP contribution in [0.1, 0.15) is 61.6 Å². The zero-order valence-electron chi connectivity index (χ0n) is 16.2. The summed E-state index contributed by atoms with van der Waals surface area (Å²) in [5.74, 6) is 2.49. The fourth-order valence-electron chi connectivity index (χ4n) is 6.29. The highest BCUT2D eigenvalue weighted by Crippen LogP contribution is 2.61. The average Bonchev–Trinajstić information content (AvgIpc) is 2.89. The second kappa shape index (κ2) is 7.09. The molecule has 0 heterocycles. The molecule has 3 heteroatoms. The smallest absolute Gasteiger partial charge is 0.142 e. The largest absolute Gasteiger partial charge is 0.394 e. The Bertz CT molecular complexity index is 682. The molecule has 0 amide bonds. The molecule has 0 aromatic heterocycles. The SMILES string of the molecule is Cc1ccc2c(c1)CCC1C2CC[C@]2(C)C(=O)C(CCOCCO)CC12. The third-order valence-electron chi connectivity index (χ3n) is 7.59. The van der Waals surface area contributed by atoms with Crippen LogP contribution in [-0.4, -0.2) is 30.7 Å². The van der Waals surface area contributed by atoms with Gasteiger partial charge < -0.3 is 9.84 Å². The van der Waals surface area contributed by atoms with Gasteiger partial charge in [0.05, 0.1) is 13.2 Å². The molecule has 3 nitrogen and oxygen atoms in total. The second-order valence-electron chi connectivity index (χ2n) is 9.00. The second-order valence-corrected chi connectivity index (χ2v) is 9.00. The first-order valence-electron chi connectivity index (χ1n) is 10.4. The first kappa shape index (κ1) is 18.2. The van der Waals surface area contributed by atoms with E-state index in [9.17, 15) is 4.79 Å². The predicted molar refractivity (Wildman–Crippen MR) is 102 cm³/mol. The number of Topliss-reactive ketones (excluding diaryl/α,β-unsaturated/α-hetero) is 1. The fraction of sp³-hybridized carbons (Fsp3) is 0.696. The minimum absolute atomic E-state index is 0.0571. The molecule has 0 aliphatic heterocycles. The van der Waals surface area contributed by atoms with Crippen LogP contribution in [0.15, 0.2) is 18.2 Å². The van der Waals surface area contributed by atoms with Gasteiger partial charge in [-0.25, -0.2) is 0 Å². The van der Waals surface area contributed by atoms with Crippen LogP contribution < -0.4 is 0 Å². The Morgan fingerprint density at radius 1 is 1.27 bits per heavy atom. The third kappa shape index (κ3) is 2.93. The summed E-state index contributed by atoms with van der Waals surface area (Å²) in [7, 11) is 0. The van der Waals surface area contributed by atoms with Gasteiger partial charge in [-0.3, -0.25) is 4.79 Å².